The molecule has 32 heavy (non-hydrogen) atoms. The Morgan fingerprint density at radius 2 is 1.72 bits per heavy atom. The Hall–Kier alpha value is -3.25. The minimum Gasteiger partial charge on any atom is -0.378 e. The van der Waals surface area contributed by atoms with Crippen molar-refractivity contribution in [3.8, 4) is 11.4 Å². The van der Waals surface area contributed by atoms with Crippen molar-refractivity contribution < 1.29 is 9.53 Å². The van der Waals surface area contributed by atoms with Gasteiger partial charge in [-0.05, 0) is 24.1 Å². The number of rotatable bonds is 4. The van der Waals surface area contributed by atoms with E-state index in [1.807, 2.05) is 59.5 Å². The van der Waals surface area contributed by atoms with E-state index in [4.69, 9.17) is 14.7 Å². The molecule has 164 valence electrons. The summed E-state index contributed by atoms with van der Waals surface area (Å²) in [5, 5.41) is 0. The number of aromatic nitrogens is 2. The van der Waals surface area contributed by atoms with Gasteiger partial charge >= 0.3 is 0 Å². The van der Waals surface area contributed by atoms with Gasteiger partial charge < -0.3 is 14.5 Å². The van der Waals surface area contributed by atoms with Gasteiger partial charge in [-0.3, -0.25) is 4.79 Å². The SMILES string of the molecule is CCc1ccc(C(=O)N2CCc3nc(-c4ccccc4)nc(N4CCOCC4)c3C2)cc1. The van der Waals surface area contributed by atoms with Gasteiger partial charge in [0.15, 0.2) is 5.82 Å². The number of fused-ring (bicyclic) bond motifs is 1. The van der Waals surface area contributed by atoms with Crippen LogP contribution in [0.2, 0.25) is 0 Å². The predicted molar refractivity (Wildman–Crippen MR) is 125 cm³/mol. The second-order valence-corrected chi connectivity index (χ2v) is 8.29. The minimum atomic E-state index is 0.0679. The zero-order valence-corrected chi connectivity index (χ0v) is 18.5. The first-order valence-corrected chi connectivity index (χ1v) is 11.4. The molecule has 0 saturated carbocycles. The van der Waals surface area contributed by atoms with Crippen LogP contribution in [0.3, 0.4) is 0 Å². The van der Waals surface area contributed by atoms with E-state index >= 15 is 0 Å². The van der Waals surface area contributed by atoms with Gasteiger partial charge in [0.05, 0.1) is 25.5 Å². The lowest BCUT2D eigenvalue weighted by Crippen LogP contribution is -2.41. The highest BCUT2D eigenvalue weighted by molar-refractivity contribution is 5.94. The number of carbonyl (C=O) groups is 1. The number of benzene rings is 2. The van der Waals surface area contributed by atoms with E-state index in [9.17, 15) is 4.79 Å². The van der Waals surface area contributed by atoms with Gasteiger partial charge in [0.2, 0.25) is 0 Å². The van der Waals surface area contributed by atoms with Crippen LogP contribution in [0.25, 0.3) is 11.4 Å². The molecule has 1 fully saturated rings. The van der Waals surface area contributed by atoms with E-state index in [0.717, 1.165) is 60.0 Å². The van der Waals surface area contributed by atoms with Gasteiger partial charge in [0, 0.05) is 42.7 Å². The highest BCUT2D eigenvalue weighted by atomic mass is 16.5. The van der Waals surface area contributed by atoms with Crippen molar-refractivity contribution in [3.63, 3.8) is 0 Å². The average Bonchev–Trinajstić information content (AvgIpc) is 2.88. The standard InChI is InChI=1S/C26H28N4O2/c1-2-19-8-10-21(11-9-19)26(31)30-13-12-23-22(18-30)25(29-14-16-32-17-15-29)28-24(27-23)20-6-4-3-5-7-20/h3-11H,2,12-18H2,1H3. The van der Waals surface area contributed by atoms with Crippen LogP contribution in [-0.4, -0.2) is 53.6 Å². The highest BCUT2D eigenvalue weighted by Gasteiger charge is 2.29. The fourth-order valence-corrected chi connectivity index (χ4v) is 4.39. The number of ether oxygens (including phenoxy) is 1. The molecule has 0 spiro atoms. The van der Waals surface area contributed by atoms with E-state index < -0.39 is 0 Å². The summed E-state index contributed by atoms with van der Waals surface area (Å²) in [5.41, 5.74) is 5.10. The number of nitrogens with zero attached hydrogens (tertiary/aromatic N) is 4. The summed E-state index contributed by atoms with van der Waals surface area (Å²) in [6.45, 7) is 6.28. The fourth-order valence-electron chi connectivity index (χ4n) is 4.39. The molecule has 2 aliphatic rings. The maximum absolute atomic E-state index is 13.2. The molecule has 2 aromatic carbocycles. The van der Waals surface area contributed by atoms with Gasteiger partial charge in [0.1, 0.15) is 5.82 Å². The summed E-state index contributed by atoms with van der Waals surface area (Å²) in [4.78, 5) is 27.4. The van der Waals surface area contributed by atoms with E-state index in [1.54, 1.807) is 0 Å². The molecule has 2 aliphatic heterocycles. The lowest BCUT2D eigenvalue weighted by molar-refractivity contribution is 0.0733. The van der Waals surface area contributed by atoms with Crippen LogP contribution in [0.1, 0.15) is 34.1 Å². The summed E-state index contributed by atoms with van der Waals surface area (Å²) in [7, 11) is 0. The van der Waals surface area contributed by atoms with E-state index in [-0.39, 0.29) is 5.91 Å². The van der Waals surface area contributed by atoms with Crippen molar-refractivity contribution in [2.24, 2.45) is 0 Å². The Morgan fingerprint density at radius 3 is 2.44 bits per heavy atom. The molecule has 0 unspecified atom stereocenters. The molecule has 5 rings (SSSR count). The number of amides is 1. The van der Waals surface area contributed by atoms with Gasteiger partial charge in [-0.25, -0.2) is 9.97 Å². The quantitative estimate of drug-likeness (QED) is 0.634. The Labute approximate surface area is 188 Å². The molecule has 1 amide bonds. The van der Waals surface area contributed by atoms with Crippen molar-refractivity contribution >= 4 is 11.7 Å². The summed E-state index contributed by atoms with van der Waals surface area (Å²) in [5.74, 6) is 1.76. The monoisotopic (exact) mass is 428 g/mol. The van der Waals surface area contributed by atoms with Crippen molar-refractivity contribution in [1.29, 1.82) is 0 Å². The number of anilines is 1. The molecule has 1 aromatic heterocycles. The zero-order chi connectivity index (χ0) is 21.9. The van der Waals surface area contributed by atoms with Crippen LogP contribution in [-0.2, 0) is 24.1 Å². The largest absolute Gasteiger partial charge is 0.378 e. The maximum Gasteiger partial charge on any atom is 0.254 e. The summed E-state index contributed by atoms with van der Waals surface area (Å²) in [6.07, 6.45) is 1.70. The van der Waals surface area contributed by atoms with Crippen molar-refractivity contribution in [2.75, 3.05) is 37.7 Å². The Bertz CT molecular complexity index is 1090. The van der Waals surface area contributed by atoms with E-state index in [2.05, 4.69) is 11.8 Å². The third-order valence-corrected chi connectivity index (χ3v) is 6.28. The van der Waals surface area contributed by atoms with Crippen LogP contribution in [0.5, 0.6) is 0 Å². The number of hydrogen-bond acceptors (Lipinski definition) is 5. The first kappa shape index (κ1) is 20.6. The molecule has 3 aromatic rings. The third-order valence-electron chi connectivity index (χ3n) is 6.28. The molecule has 3 heterocycles. The van der Waals surface area contributed by atoms with Gasteiger partial charge in [-0.2, -0.15) is 0 Å². The molecule has 0 radical (unpaired) electrons. The molecule has 0 aliphatic carbocycles. The smallest absolute Gasteiger partial charge is 0.254 e. The number of morpholine rings is 1. The first-order valence-electron chi connectivity index (χ1n) is 11.4. The fraction of sp³-hybridized carbons (Fsp3) is 0.346. The van der Waals surface area contributed by atoms with Crippen molar-refractivity contribution in [1.82, 2.24) is 14.9 Å². The van der Waals surface area contributed by atoms with Crippen LogP contribution in [0, 0.1) is 0 Å². The minimum absolute atomic E-state index is 0.0679. The molecule has 6 nitrogen and oxygen atoms in total. The average molecular weight is 429 g/mol. The van der Waals surface area contributed by atoms with Crippen LogP contribution >= 0.6 is 0 Å². The summed E-state index contributed by atoms with van der Waals surface area (Å²) < 4.78 is 5.57. The Balaban J connectivity index is 1.49. The predicted octanol–water partition coefficient (Wildman–Crippen LogP) is 3.74. The van der Waals surface area contributed by atoms with Crippen molar-refractivity contribution in [2.45, 2.75) is 26.3 Å². The molecule has 1 saturated heterocycles. The first-order chi connectivity index (χ1) is 15.7. The molecular weight excluding hydrogens is 400 g/mol. The molecule has 0 atom stereocenters. The normalized spacial score (nSPS) is 16.0. The lowest BCUT2D eigenvalue weighted by Gasteiger charge is -2.34. The molecule has 0 bridgehead atoms. The molecule has 6 heteroatoms. The van der Waals surface area contributed by atoms with Gasteiger partial charge in [0.25, 0.3) is 5.91 Å². The highest BCUT2D eigenvalue weighted by Crippen LogP contribution is 2.30. The van der Waals surface area contributed by atoms with E-state index in [0.29, 0.717) is 26.3 Å². The summed E-state index contributed by atoms with van der Waals surface area (Å²) >= 11 is 0. The topological polar surface area (TPSA) is 58.6 Å². The molecular formula is C26H28N4O2. The number of aryl methyl sites for hydroxylation is 1. The zero-order valence-electron chi connectivity index (χ0n) is 18.5. The van der Waals surface area contributed by atoms with Crippen LogP contribution < -0.4 is 4.90 Å². The van der Waals surface area contributed by atoms with Gasteiger partial charge in [-0.1, -0.05) is 49.4 Å². The molecule has 0 N–H and O–H groups in total. The van der Waals surface area contributed by atoms with Crippen LogP contribution in [0.4, 0.5) is 5.82 Å². The number of hydrogen-bond donors (Lipinski definition) is 0. The third kappa shape index (κ3) is 4.10. The van der Waals surface area contributed by atoms with Crippen LogP contribution in [0.15, 0.2) is 54.6 Å². The summed E-state index contributed by atoms with van der Waals surface area (Å²) in [6, 6.07) is 18.1. The Morgan fingerprint density at radius 1 is 0.969 bits per heavy atom. The van der Waals surface area contributed by atoms with Crippen molar-refractivity contribution in [3.05, 3.63) is 77.0 Å². The second kappa shape index (κ2) is 9.09. The lowest BCUT2D eigenvalue weighted by atomic mass is 10.0. The maximum atomic E-state index is 13.2. The second-order valence-electron chi connectivity index (χ2n) is 8.29. The van der Waals surface area contributed by atoms with Gasteiger partial charge in [-0.15, -0.1) is 0 Å². The Kier molecular flexibility index (Phi) is 5.86. The number of carbonyl (C=O) groups excluding carboxylic acids is 1. The van der Waals surface area contributed by atoms with E-state index in [1.165, 1.54) is 5.56 Å².